The Bertz CT molecular complexity index is 814. The van der Waals surface area contributed by atoms with Crippen LogP contribution < -0.4 is 0 Å². The number of hydrogen-bond donors (Lipinski definition) is 0. The van der Waals surface area contributed by atoms with Crippen molar-refractivity contribution in [2.24, 2.45) is 7.05 Å². The van der Waals surface area contributed by atoms with E-state index in [4.69, 9.17) is 23.2 Å². The van der Waals surface area contributed by atoms with Crippen molar-refractivity contribution in [2.45, 2.75) is 10.9 Å². The number of aromatic nitrogens is 3. The fourth-order valence-corrected chi connectivity index (χ4v) is 3.75. The molecule has 0 saturated carbocycles. The second kappa shape index (κ2) is 6.91. The van der Waals surface area contributed by atoms with Crippen LogP contribution in [0.25, 0.3) is 11.4 Å². The van der Waals surface area contributed by atoms with E-state index in [1.165, 1.54) is 23.9 Å². The van der Waals surface area contributed by atoms with E-state index in [0.717, 1.165) is 16.3 Å². The lowest BCUT2D eigenvalue weighted by Crippen LogP contribution is -1.95. The summed E-state index contributed by atoms with van der Waals surface area (Å²) in [6, 6.07) is 11.6. The van der Waals surface area contributed by atoms with Gasteiger partial charge in [-0.3, -0.25) is 0 Å². The molecule has 0 fully saturated rings. The van der Waals surface area contributed by atoms with Gasteiger partial charge in [-0.25, -0.2) is 4.39 Å². The summed E-state index contributed by atoms with van der Waals surface area (Å²) in [5.41, 5.74) is 1.68. The molecular formula is C16H12Cl2FN3S. The molecule has 7 heteroatoms. The Morgan fingerprint density at radius 2 is 1.70 bits per heavy atom. The van der Waals surface area contributed by atoms with Crippen LogP contribution in [0.5, 0.6) is 0 Å². The van der Waals surface area contributed by atoms with Gasteiger partial charge in [0.2, 0.25) is 0 Å². The van der Waals surface area contributed by atoms with Crippen LogP contribution in [0.4, 0.5) is 4.39 Å². The monoisotopic (exact) mass is 367 g/mol. The summed E-state index contributed by atoms with van der Waals surface area (Å²) in [6.07, 6.45) is 0. The van der Waals surface area contributed by atoms with Crippen molar-refractivity contribution in [2.75, 3.05) is 0 Å². The van der Waals surface area contributed by atoms with Gasteiger partial charge in [-0.2, -0.15) is 0 Å². The molecule has 2 aromatic carbocycles. The first-order valence-corrected chi connectivity index (χ1v) is 8.51. The molecule has 0 N–H and O–H groups in total. The second-order valence-corrected chi connectivity index (χ2v) is 6.62. The molecule has 0 aliphatic rings. The third-order valence-electron chi connectivity index (χ3n) is 3.34. The van der Waals surface area contributed by atoms with Crippen LogP contribution in [0.15, 0.2) is 47.6 Å². The van der Waals surface area contributed by atoms with Gasteiger partial charge in [0, 0.05) is 28.4 Å². The van der Waals surface area contributed by atoms with E-state index in [9.17, 15) is 4.39 Å². The van der Waals surface area contributed by atoms with E-state index in [0.29, 0.717) is 21.6 Å². The maximum absolute atomic E-state index is 13.0. The SMILES string of the molecule is Cn1c(SCc2c(Cl)cccc2Cl)nnc1-c1ccc(F)cc1. The topological polar surface area (TPSA) is 30.7 Å². The molecule has 3 rings (SSSR count). The molecule has 0 amide bonds. The highest BCUT2D eigenvalue weighted by atomic mass is 35.5. The molecule has 0 unspecified atom stereocenters. The highest BCUT2D eigenvalue weighted by Crippen LogP contribution is 2.31. The first kappa shape index (κ1) is 16.3. The lowest BCUT2D eigenvalue weighted by Gasteiger charge is -2.07. The van der Waals surface area contributed by atoms with Crippen molar-refractivity contribution in [3.8, 4) is 11.4 Å². The Hall–Kier alpha value is -1.56. The normalized spacial score (nSPS) is 11.0. The molecule has 118 valence electrons. The molecule has 0 aliphatic heterocycles. The molecule has 0 radical (unpaired) electrons. The van der Waals surface area contributed by atoms with E-state index >= 15 is 0 Å². The minimum Gasteiger partial charge on any atom is -0.305 e. The minimum atomic E-state index is -0.279. The van der Waals surface area contributed by atoms with Crippen molar-refractivity contribution in [1.82, 2.24) is 14.8 Å². The maximum Gasteiger partial charge on any atom is 0.191 e. The first-order valence-electron chi connectivity index (χ1n) is 6.77. The Labute approximate surface area is 147 Å². The van der Waals surface area contributed by atoms with Crippen molar-refractivity contribution in [3.05, 3.63) is 63.9 Å². The van der Waals surface area contributed by atoms with Crippen LogP contribution in [0.1, 0.15) is 5.56 Å². The number of rotatable bonds is 4. The van der Waals surface area contributed by atoms with Gasteiger partial charge < -0.3 is 4.57 Å². The zero-order valence-electron chi connectivity index (χ0n) is 12.1. The van der Waals surface area contributed by atoms with Gasteiger partial charge in [0.1, 0.15) is 5.82 Å². The van der Waals surface area contributed by atoms with E-state index < -0.39 is 0 Å². The second-order valence-electron chi connectivity index (χ2n) is 4.86. The lowest BCUT2D eigenvalue weighted by atomic mass is 10.2. The zero-order chi connectivity index (χ0) is 16.4. The number of nitrogens with zero attached hydrogens (tertiary/aromatic N) is 3. The molecule has 0 spiro atoms. The summed E-state index contributed by atoms with van der Waals surface area (Å²) >= 11 is 13.8. The zero-order valence-corrected chi connectivity index (χ0v) is 14.5. The maximum atomic E-state index is 13.0. The van der Waals surface area contributed by atoms with Crippen LogP contribution in [-0.4, -0.2) is 14.8 Å². The molecule has 23 heavy (non-hydrogen) atoms. The van der Waals surface area contributed by atoms with Crippen LogP contribution >= 0.6 is 35.0 Å². The Kier molecular flexibility index (Phi) is 4.90. The van der Waals surface area contributed by atoms with Crippen molar-refractivity contribution in [3.63, 3.8) is 0 Å². The average Bonchev–Trinajstić information content (AvgIpc) is 2.89. The number of thioether (sulfide) groups is 1. The minimum absolute atomic E-state index is 0.279. The fraction of sp³-hybridized carbons (Fsp3) is 0.125. The molecule has 3 nitrogen and oxygen atoms in total. The molecule has 1 aromatic heterocycles. The summed E-state index contributed by atoms with van der Waals surface area (Å²) in [4.78, 5) is 0. The van der Waals surface area contributed by atoms with Crippen LogP contribution in [0.2, 0.25) is 10.0 Å². The summed E-state index contributed by atoms with van der Waals surface area (Å²) in [7, 11) is 1.87. The van der Waals surface area contributed by atoms with E-state index in [1.807, 2.05) is 29.8 Å². The smallest absolute Gasteiger partial charge is 0.191 e. The first-order chi connectivity index (χ1) is 11.1. The Morgan fingerprint density at radius 3 is 2.35 bits per heavy atom. The van der Waals surface area contributed by atoms with Gasteiger partial charge >= 0.3 is 0 Å². The molecule has 0 aliphatic carbocycles. The third kappa shape index (κ3) is 3.52. The van der Waals surface area contributed by atoms with Gasteiger partial charge in [-0.05, 0) is 42.0 Å². The molecule has 1 heterocycles. The fourth-order valence-electron chi connectivity index (χ4n) is 2.10. The highest BCUT2D eigenvalue weighted by Gasteiger charge is 2.13. The van der Waals surface area contributed by atoms with Gasteiger partial charge in [-0.15, -0.1) is 10.2 Å². The van der Waals surface area contributed by atoms with Crippen LogP contribution in [-0.2, 0) is 12.8 Å². The van der Waals surface area contributed by atoms with Crippen LogP contribution in [0, 0.1) is 5.82 Å². The summed E-state index contributed by atoms with van der Waals surface area (Å²) < 4.78 is 14.9. The van der Waals surface area contributed by atoms with Gasteiger partial charge in [-0.1, -0.05) is 41.0 Å². The van der Waals surface area contributed by atoms with Gasteiger partial charge in [0.25, 0.3) is 0 Å². The Morgan fingerprint density at radius 1 is 1.04 bits per heavy atom. The number of hydrogen-bond acceptors (Lipinski definition) is 3. The summed E-state index contributed by atoms with van der Waals surface area (Å²) in [5.74, 6) is 0.991. The third-order valence-corrected chi connectivity index (χ3v) is 5.10. The van der Waals surface area contributed by atoms with Crippen molar-refractivity contribution in [1.29, 1.82) is 0 Å². The number of benzene rings is 2. The van der Waals surface area contributed by atoms with E-state index in [-0.39, 0.29) is 5.82 Å². The molecule has 3 aromatic rings. The predicted molar refractivity (Wildman–Crippen MR) is 92.4 cm³/mol. The quantitative estimate of drug-likeness (QED) is 0.592. The molecule has 0 atom stereocenters. The lowest BCUT2D eigenvalue weighted by molar-refractivity contribution is 0.628. The van der Waals surface area contributed by atoms with Crippen molar-refractivity contribution >= 4 is 35.0 Å². The van der Waals surface area contributed by atoms with Crippen LogP contribution in [0.3, 0.4) is 0 Å². The van der Waals surface area contributed by atoms with Gasteiger partial charge in [0.15, 0.2) is 11.0 Å². The Balaban J connectivity index is 1.81. The average molecular weight is 368 g/mol. The van der Waals surface area contributed by atoms with E-state index in [1.54, 1.807) is 12.1 Å². The van der Waals surface area contributed by atoms with Crippen molar-refractivity contribution < 1.29 is 4.39 Å². The highest BCUT2D eigenvalue weighted by molar-refractivity contribution is 7.98. The van der Waals surface area contributed by atoms with Gasteiger partial charge in [0.05, 0.1) is 0 Å². The van der Waals surface area contributed by atoms with E-state index in [2.05, 4.69) is 10.2 Å². The molecular weight excluding hydrogens is 356 g/mol. The summed E-state index contributed by atoms with van der Waals surface area (Å²) in [6.45, 7) is 0. The summed E-state index contributed by atoms with van der Waals surface area (Å²) in [5, 5.41) is 10.4. The molecule has 0 saturated heterocycles. The predicted octanol–water partition coefficient (Wildman–Crippen LogP) is 5.22. The largest absolute Gasteiger partial charge is 0.305 e. The standard InChI is InChI=1S/C16H12Cl2FN3S/c1-22-15(10-5-7-11(19)8-6-10)20-21-16(22)23-9-12-13(17)3-2-4-14(12)18/h2-8H,9H2,1H3. The molecule has 0 bridgehead atoms. The number of halogens is 3.